The third-order valence-electron chi connectivity index (χ3n) is 2.54. The number of hydrogen-bond acceptors (Lipinski definition) is 5. The molecule has 1 aromatic heterocycles. The number of para-hydroxylation sites is 1. The Balaban J connectivity index is 2.31. The Kier molecular flexibility index (Phi) is 3.47. The van der Waals surface area contributed by atoms with Crippen LogP contribution in [0.4, 0.5) is 11.5 Å². The predicted octanol–water partition coefficient (Wildman–Crippen LogP) is 2.02. The van der Waals surface area contributed by atoms with Gasteiger partial charge in [0.15, 0.2) is 0 Å². The number of nitrogens with one attached hydrogen (secondary N) is 1. The van der Waals surface area contributed by atoms with E-state index >= 15 is 0 Å². The van der Waals surface area contributed by atoms with Gasteiger partial charge in [0.05, 0.1) is 10.6 Å². The quantitative estimate of drug-likeness (QED) is 0.657. The van der Waals surface area contributed by atoms with Crippen LogP contribution in [0.5, 0.6) is 0 Å². The van der Waals surface area contributed by atoms with Gasteiger partial charge < -0.3 is 5.32 Å². The Morgan fingerprint density at radius 2 is 2.11 bits per heavy atom. The second kappa shape index (κ2) is 5.22. The van der Waals surface area contributed by atoms with Crippen LogP contribution in [0, 0.1) is 10.1 Å². The smallest absolute Gasteiger partial charge is 0.272 e. The fraction of sp³-hybridized carbons (Fsp3) is 0.167. The normalized spacial score (nSPS) is 10.1. The van der Waals surface area contributed by atoms with Crippen molar-refractivity contribution in [2.75, 3.05) is 12.4 Å². The maximum absolute atomic E-state index is 10.9. The first-order valence-corrected chi connectivity index (χ1v) is 5.41. The van der Waals surface area contributed by atoms with E-state index in [0.29, 0.717) is 17.8 Å². The lowest BCUT2D eigenvalue weighted by Gasteiger charge is -2.04. The second-order valence-electron chi connectivity index (χ2n) is 3.71. The van der Waals surface area contributed by atoms with E-state index in [1.54, 1.807) is 31.3 Å². The van der Waals surface area contributed by atoms with E-state index in [2.05, 4.69) is 15.3 Å². The lowest BCUT2D eigenvalue weighted by Crippen LogP contribution is -2.00. The van der Waals surface area contributed by atoms with E-state index in [0.717, 1.165) is 5.69 Å². The molecule has 0 aliphatic heterocycles. The lowest BCUT2D eigenvalue weighted by molar-refractivity contribution is -0.385. The Morgan fingerprint density at radius 1 is 1.33 bits per heavy atom. The fourth-order valence-electron chi connectivity index (χ4n) is 1.66. The zero-order valence-corrected chi connectivity index (χ0v) is 9.83. The summed E-state index contributed by atoms with van der Waals surface area (Å²) in [6.07, 6.45) is 1.85. The third kappa shape index (κ3) is 2.60. The molecule has 0 amide bonds. The summed E-state index contributed by atoms with van der Waals surface area (Å²) in [4.78, 5) is 18.6. The van der Waals surface area contributed by atoms with E-state index < -0.39 is 0 Å². The van der Waals surface area contributed by atoms with Gasteiger partial charge in [0.2, 0.25) is 0 Å². The molecule has 0 saturated heterocycles. The van der Waals surface area contributed by atoms with Crippen LogP contribution in [-0.4, -0.2) is 21.9 Å². The van der Waals surface area contributed by atoms with Gasteiger partial charge in [-0.05, 0) is 0 Å². The van der Waals surface area contributed by atoms with E-state index in [1.165, 1.54) is 12.4 Å². The van der Waals surface area contributed by atoms with Gasteiger partial charge in [-0.2, -0.15) is 0 Å². The van der Waals surface area contributed by atoms with Gasteiger partial charge in [0.25, 0.3) is 5.69 Å². The van der Waals surface area contributed by atoms with Gasteiger partial charge in [0.1, 0.15) is 12.1 Å². The molecule has 0 unspecified atom stereocenters. The molecule has 0 aliphatic rings. The van der Waals surface area contributed by atoms with Gasteiger partial charge in [-0.25, -0.2) is 9.97 Å². The molecule has 2 rings (SSSR count). The molecule has 0 saturated carbocycles. The summed E-state index contributed by atoms with van der Waals surface area (Å²) in [6.45, 7) is 0. The SMILES string of the molecule is CNc1cc(Cc2ccccc2[N+](=O)[O-])ncn1. The molecule has 0 spiro atoms. The summed E-state index contributed by atoms with van der Waals surface area (Å²) >= 11 is 0. The van der Waals surface area contributed by atoms with Gasteiger partial charge in [-0.1, -0.05) is 18.2 Å². The van der Waals surface area contributed by atoms with Crippen molar-refractivity contribution in [1.82, 2.24) is 9.97 Å². The summed E-state index contributed by atoms with van der Waals surface area (Å²) in [6, 6.07) is 8.44. The standard InChI is InChI=1S/C12H12N4O2/c1-13-12-7-10(14-8-15-12)6-9-4-2-3-5-11(9)16(17)18/h2-5,7-8H,6H2,1H3,(H,13,14,15). The molecule has 6 heteroatoms. The lowest BCUT2D eigenvalue weighted by atomic mass is 10.1. The van der Waals surface area contributed by atoms with Crippen molar-refractivity contribution in [3.05, 3.63) is 58.0 Å². The van der Waals surface area contributed by atoms with Gasteiger partial charge in [-0.3, -0.25) is 10.1 Å². The molecular weight excluding hydrogens is 232 g/mol. The minimum Gasteiger partial charge on any atom is -0.373 e. The zero-order valence-electron chi connectivity index (χ0n) is 9.83. The largest absolute Gasteiger partial charge is 0.373 e. The van der Waals surface area contributed by atoms with Gasteiger partial charge in [-0.15, -0.1) is 0 Å². The molecule has 18 heavy (non-hydrogen) atoms. The number of aromatic nitrogens is 2. The Morgan fingerprint density at radius 3 is 2.83 bits per heavy atom. The highest BCUT2D eigenvalue weighted by molar-refractivity contribution is 5.43. The van der Waals surface area contributed by atoms with Crippen LogP contribution in [0.3, 0.4) is 0 Å². The van der Waals surface area contributed by atoms with Gasteiger partial charge in [0, 0.05) is 31.2 Å². The minimum atomic E-state index is -0.379. The predicted molar refractivity (Wildman–Crippen MR) is 67.5 cm³/mol. The minimum absolute atomic E-state index is 0.113. The van der Waals surface area contributed by atoms with E-state index in [-0.39, 0.29) is 10.6 Å². The highest BCUT2D eigenvalue weighted by atomic mass is 16.6. The first-order chi connectivity index (χ1) is 8.70. The van der Waals surface area contributed by atoms with Crippen LogP contribution in [-0.2, 0) is 6.42 Å². The molecule has 92 valence electrons. The van der Waals surface area contributed by atoms with Crippen LogP contribution >= 0.6 is 0 Å². The van der Waals surface area contributed by atoms with E-state index in [9.17, 15) is 10.1 Å². The summed E-state index contributed by atoms with van der Waals surface area (Å²) < 4.78 is 0. The summed E-state index contributed by atoms with van der Waals surface area (Å²) in [5.41, 5.74) is 1.49. The molecule has 2 aromatic rings. The van der Waals surface area contributed by atoms with Crippen molar-refractivity contribution in [2.45, 2.75) is 6.42 Å². The molecule has 0 atom stereocenters. The van der Waals surface area contributed by atoms with Crippen LogP contribution < -0.4 is 5.32 Å². The van der Waals surface area contributed by atoms with Crippen molar-refractivity contribution in [1.29, 1.82) is 0 Å². The van der Waals surface area contributed by atoms with Gasteiger partial charge >= 0.3 is 0 Å². The molecule has 1 heterocycles. The summed E-state index contributed by atoms with van der Waals surface area (Å²) in [7, 11) is 1.76. The van der Waals surface area contributed by atoms with Crippen LogP contribution in [0.25, 0.3) is 0 Å². The average molecular weight is 244 g/mol. The molecule has 1 aromatic carbocycles. The van der Waals surface area contributed by atoms with Crippen LogP contribution in [0.2, 0.25) is 0 Å². The molecule has 0 bridgehead atoms. The average Bonchev–Trinajstić information content (AvgIpc) is 2.39. The third-order valence-corrected chi connectivity index (χ3v) is 2.54. The van der Waals surface area contributed by atoms with E-state index in [4.69, 9.17) is 0 Å². The van der Waals surface area contributed by atoms with Crippen molar-refractivity contribution < 1.29 is 4.92 Å². The van der Waals surface area contributed by atoms with Crippen molar-refractivity contribution in [2.24, 2.45) is 0 Å². The topological polar surface area (TPSA) is 81.0 Å². The molecule has 0 fully saturated rings. The Labute approximate surface area is 104 Å². The highest BCUT2D eigenvalue weighted by Crippen LogP contribution is 2.20. The molecule has 0 aliphatic carbocycles. The first kappa shape index (κ1) is 12.0. The number of hydrogen-bond donors (Lipinski definition) is 1. The fourth-order valence-corrected chi connectivity index (χ4v) is 1.66. The Bertz CT molecular complexity index is 572. The molecule has 6 nitrogen and oxygen atoms in total. The first-order valence-electron chi connectivity index (χ1n) is 5.41. The molecule has 1 N–H and O–H groups in total. The van der Waals surface area contributed by atoms with Crippen molar-refractivity contribution in [3.63, 3.8) is 0 Å². The molecule has 0 radical (unpaired) electrons. The zero-order chi connectivity index (χ0) is 13.0. The number of anilines is 1. The number of benzene rings is 1. The number of nitro benzene ring substituents is 1. The van der Waals surface area contributed by atoms with Crippen LogP contribution in [0.15, 0.2) is 36.7 Å². The maximum Gasteiger partial charge on any atom is 0.272 e. The highest BCUT2D eigenvalue weighted by Gasteiger charge is 2.13. The Hall–Kier alpha value is -2.50. The number of nitrogens with zero attached hydrogens (tertiary/aromatic N) is 3. The summed E-state index contributed by atoms with van der Waals surface area (Å²) in [5, 5.41) is 13.8. The van der Waals surface area contributed by atoms with Crippen molar-refractivity contribution in [3.8, 4) is 0 Å². The van der Waals surface area contributed by atoms with Crippen molar-refractivity contribution >= 4 is 11.5 Å². The van der Waals surface area contributed by atoms with Crippen LogP contribution in [0.1, 0.15) is 11.3 Å². The number of rotatable bonds is 4. The summed E-state index contributed by atoms with van der Waals surface area (Å²) in [5.74, 6) is 0.693. The maximum atomic E-state index is 10.9. The van der Waals surface area contributed by atoms with E-state index in [1.807, 2.05) is 0 Å². The second-order valence-corrected chi connectivity index (χ2v) is 3.71. The monoisotopic (exact) mass is 244 g/mol. The number of nitro groups is 1. The molecular formula is C12H12N4O2.